The lowest BCUT2D eigenvalue weighted by Gasteiger charge is -2.48. The van der Waals surface area contributed by atoms with Crippen molar-refractivity contribution in [1.29, 1.82) is 0 Å². The smallest absolute Gasteiger partial charge is 0.404 e. The van der Waals surface area contributed by atoms with Gasteiger partial charge >= 0.3 is 6.18 Å². The minimum Gasteiger partial charge on any atom is -0.404 e. The number of hydrogen-bond acceptors (Lipinski definition) is 6. The number of piperidine rings is 1. The summed E-state index contributed by atoms with van der Waals surface area (Å²) < 4.78 is 45.6. The Kier molecular flexibility index (Phi) is 5.67. The topological polar surface area (TPSA) is 71.1 Å². The van der Waals surface area contributed by atoms with Crippen LogP contribution < -0.4 is 5.73 Å². The number of aliphatic hydroxyl groups is 1. The van der Waals surface area contributed by atoms with Gasteiger partial charge in [0.15, 0.2) is 0 Å². The van der Waals surface area contributed by atoms with Crippen molar-refractivity contribution in [2.45, 2.75) is 43.7 Å². The molecule has 3 atom stereocenters. The summed E-state index contributed by atoms with van der Waals surface area (Å²) in [6.07, 6.45) is -1.09. The first-order valence-electron chi connectivity index (χ1n) is 8.80. The molecule has 2 unspecified atom stereocenters. The van der Waals surface area contributed by atoms with E-state index in [-0.39, 0.29) is 12.6 Å². The van der Waals surface area contributed by atoms with E-state index in [1.165, 1.54) is 12.3 Å². The molecule has 3 rings (SSSR count). The van der Waals surface area contributed by atoms with Gasteiger partial charge in [-0.05, 0) is 37.6 Å². The lowest BCUT2D eigenvalue weighted by atomic mass is 9.79. The van der Waals surface area contributed by atoms with Gasteiger partial charge in [0, 0.05) is 42.8 Å². The molecule has 1 fully saturated rings. The van der Waals surface area contributed by atoms with E-state index in [0.717, 1.165) is 5.57 Å². The van der Waals surface area contributed by atoms with Crippen molar-refractivity contribution in [2.75, 3.05) is 26.7 Å². The maximum atomic E-state index is 13.2. The molecule has 5 nitrogen and oxygen atoms in total. The summed E-state index contributed by atoms with van der Waals surface area (Å²) in [6.45, 7) is 3.33. The Morgan fingerprint density at radius 1 is 1.56 bits per heavy atom. The average molecular weight is 403 g/mol. The van der Waals surface area contributed by atoms with Crippen LogP contribution in [0.5, 0.6) is 0 Å². The highest BCUT2D eigenvalue weighted by Gasteiger charge is 2.48. The predicted octanol–water partition coefficient (Wildman–Crippen LogP) is 3.05. The second-order valence-corrected chi connectivity index (χ2v) is 8.19. The van der Waals surface area contributed by atoms with E-state index in [2.05, 4.69) is 9.89 Å². The van der Waals surface area contributed by atoms with E-state index in [9.17, 15) is 18.3 Å². The fraction of sp³-hybridized carbons (Fsp3) is 0.611. The molecular weight excluding hydrogens is 379 g/mol. The van der Waals surface area contributed by atoms with Gasteiger partial charge in [0.25, 0.3) is 0 Å². The second-order valence-electron chi connectivity index (χ2n) is 7.11. The zero-order valence-electron chi connectivity index (χ0n) is 15.3. The molecule has 3 N–H and O–H groups in total. The van der Waals surface area contributed by atoms with Gasteiger partial charge < -0.3 is 15.6 Å². The van der Waals surface area contributed by atoms with Crippen LogP contribution in [0.25, 0.3) is 0 Å². The van der Waals surface area contributed by atoms with Gasteiger partial charge in [0.05, 0.1) is 12.2 Å². The van der Waals surface area contributed by atoms with Crippen molar-refractivity contribution in [1.82, 2.24) is 4.90 Å². The molecule has 0 amide bonds. The Bertz CT molecular complexity index is 747. The molecule has 1 aromatic heterocycles. The largest absolute Gasteiger partial charge is 0.425 e. The van der Waals surface area contributed by atoms with Crippen LogP contribution in [0.1, 0.15) is 41.2 Å². The van der Waals surface area contributed by atoms with Gasteiger partial charge in [-0.25, -0.2) is 0 Å². The lowest BCUT2D eigenvalue weighted by molar-refractivity contribution is -0.140. The molecule has 2 aliphatic rings. The maximum Gasteiger partial charge on any atom is 0.425 e. The van der Waals surface area contributed by atoms with Crippen molar-refractivity contribution in [3.05, 3.63) is 33.2 Å². The SMILES string of the molecule is CN=CC(=CN)CN1CCC2(C[C@@H]1C)OCC(O)c1sc(C(F)(F)F)cc12. The van der Waals surface area contributed by atoms with E-state index in [1.54, 1.807) is 13.3 Å². The number of fused-ring (bicyclic) bond motifs is 2. The van der Waals surface area contributed by atoms with E-state index in [4.69, 9.17) is 10.5 Å². The number of hydrogen-bond donors (Lipinski definition) is 2. The van der Waals surface area contributed by atoms with E-state index >= 15 is 0 Å². The normalized spacial score (nSPS) is 30.2. The number of alkyl halides is 3. The van der Waals surface area contributed by atoms with Crippen molar-refractivity contribution in [3.63, 3.8) is 0 Å². The molecule has 150 valence electrons. The maximum absolute atomic E-state index is 13.2. The molecule has 1 spiro atoms. The first-order chi connectivity index (χ1) is 12.7. The standard InChI is InChI=1S/C18H24F3N3O2S/c1-11-6-17(3-4-24(11)9-12(7-22)8-23-2)13-5-15(18(19,20)21)27-16(13)14(25)10-26-17/h5,7-8,11,14,25H,3-4,6,9-10,22H2,1-2H3/t11-,14?,17?/m0/s1. The fourth-order valence-electron chi connectivity index (χ4n) is 3.94. The van der Waals surface area contributed by atoms with E-state index in [1.807, 2.05) is 6.92 Å². The fourth-order valence-corrected chi connectivity index (χ4v) is 5.03. The quantitative estimate of drug-likeness (QED) is 0.761. The van der Waals surface area contributed by atoms with Gasteiger partial charge in [-0.3, -0.25) is 9.89 Å². The molecule has 27 heavy (non-hydrogen) atoms. The molecule has 9 heteroatoms. The summed E-state index contributed by atoms with van der Waals surface area (Å²) in [5, 5.41) is 10.2. The summed E-state index contributed by atoms with van der Waals surface area (Å²) in [5.41, 5.74) is 6.24. The number of aliphatic hydroxyl groups excluding tert-OH is 1. The Morgan fingerprint density at radius 3 is 2.89 bits per heavy atom. The molecule has 0 radical (unpaired) electrons. The second kappa shape index (κ2) is 7.54. The van der Waals surface area contributed by atoms with Gasteiger partial charge in [0.1, 0.15) is 11.0 Å². The highest BCUT2D eigenvalue weighted by molar-refractivity contribution is 7.12. The van der Waals surface area contributed by atoms with Crippen LogP contribution in [0, 0.1) is 0 Å². The molecule has 1 aromatic rings. The third-order valence-electron chi connectivity index (χ3n) is 5.30. The molecule has 0 bridgehead atoms. The Balaban J connectivity index is 1.85. The highest BCUT2D eigenvalue weighted by atomic mass is 32.1. The number of nitrogens with zero attached hydrogens (tertiary/aromatic N) is 2. The van der Waals surface area contributed by atoms with Crippen LogP contribution in [0.2, 0.25) is 0 Å². The Labute approximate surface area is 160 Å². The molecule has 0 saturated carbocycles. The molecule has 2 aliphatic heterocycles. The number of ether oxygens (including phenoxy) is 1. The summed E-state index contributed by atoms with van der Waals surface area (Å²) in [6, 6.07) is 1.25. The zero-order chi connectivity index (χ0) is 19.8. The molecule has 3 heterocycles. The number of rotatable bonds is 3. The average Bonchev–Trinajstić information content (AvgIpc) is 3.08. The molecule has 0 aromatic carbocycles. The van der Waals surface area contributed by atoms with Crippen molar-refractivity contribution in [3.8, 4) is 0 Å². The van der Waals surface area contributed by atoms with Gasteiger partial charge in [-0.15, -0.1) is 11.3 Å². The minimum absolute atomic E-state index is 0.0218. The van der Waals surface area contributed by atoms with Crippen LogP contribution in [0.3, 0.4) is 0 Å². The van der Waals surface area contributed by atoms with Crippen molar-refractivity contribution >= 4 is 17.6 Å². The Morgan fingerprint density at radius 2 is 2.30 bits per heavy atom. The summed E-state index contributed by atoms with van der Waals surface area (Å²) in [7, 11) is 1.68. The van der Waals surface area contributed by atoms with Crippen LogP contribution in [-0.4, -0.2) is 49.0 Å². The summed E-state index contributed by atoms with van der Waals surface area (Å²) >= 11 is 0.629. The van der Waals surface area contributed by atoms with Crippen molar-refractivity contribution < 1.29 is 23.0 Å². The number of nitrogens with two attached hydrogens (primary N) is 1. The number of thiophene rings is 1. The third-order valence-corrected chi connectivity index (χ3v) is 6.58. The van der Waals surface area contributed by atoms with Crippen LogP contribution in [0.15, 0.2) is 22.8 Å². The number of halogens is 3. The van der Waals surface area contributed by atoms with E-state index in [0.29, 0.717) is 47.7 Å². The van der Waals surface area contributed by atoms with Crippen LogP contribution in [-0.2, 0) is 16.5 Å². The predicted molar refractivity (Wildman–Crippen MR) is 98.9 cm³/mol. The van der Waals surface area contributed by atoms with Crippen molar-refractivity contribution in [2.24, 2.45) is 10.7 Å². The summed E-state index contributed by atoms with van der Waals surface area (Å²) in [4.78, 5) is 5.91. The van der Waals surface area contributed by atoms with Crippen LogP contribution in [0.4, 0.5) is 13.2 Å². The third kappa shape index (κ3) is 3.91. The first kappa shape index (κ1) is 20.3. The summed E-state index contributed by atoms with van der Waals surface area (Å²) in [5.74, 6) is 0. The van der Waals surface area contributed by atoms with E-state index < -0.39 is 22.8 Å². The number of likely N-dealkylation sites (tertiary alicyclic amines) is 1. The zero-order valence-corrected chi connectivity index (χ0v) is 16.1. The Hall–Kier alpha value is -1.42. The van der Waals surface area contributed by atoms with Crippen LogP contribution >= 0.6 is 11.3 Å². The monoisotopic (exact) mass is 403 g/mol. The molecule has 1 saturated heterocycles. The highest BCUT2D eigenvalue weighted by Crippen LogP contribution is 2.51. The first-order valence-corrected chi connectivity index (χ1v) is 9.62. The minimum atomic E-state index is -4.42. The number of aliphatic imine (C=N–C) groups is 1. The van der Waals surface area contributed by atoms with Gasteiger partial charge in [-0.2, -0.15) is 13.2 Å². The molecular formula is C18H24F3N3O2S. The van der Waals surface area contributed by atoms with Gasteiger partial charge in [0.2, 0.25) is 0 Å². The lowest BCUT2D eigenvalue weighted by Crippen LogP contribution is -2.51. The molecule has 0 aliphatic carbocycles. The van der Waals surface area contributed by atoms with Gasteiger partial charge in [-0.1, -0.05) is 0 Å².